The van der Waals surface area contributed by atoms with Gasteiger partial charge >= 0.3 is 0 Å². The average molecular weight is 375 g/mol. The Morgan fingerprint density at radius 1 is 1.32 bits per heavy atom. The summed E-state index contributed by atoms with van der Waals surface area (Å²) in [6.07, 6.45) is 3.38. The summed E-state index contributed by atoms with van der Waals surface area (Å²) in [6.45, 7) is 13.1. The van der Waals surface area contributed by atoms with Crippen LogP contribution in [0.1, 0.15) is 26.7 Å². The number of piperidine rings is 1. The third-order valence-electron chi connectivity index (χ3n) is 3.87. The van der Waals surface area contributed by atoms with E-state index in [1.807, 2.05) is 6.92 Å². The van der Waals surface area contributed by atoms with E-state index in [1.165, 1.54) is 11.8 Å². The molecule has 0 spiro atoms. The van der Waals surface area contributed by atoms with E-state index >= 15 is 0 Å². The van der Waals surface area contributed by atoms with Gasteiger partial charge in [0, 0.05) is 38.5 Å². The number of guanidine groups is 1. The largest absolute Gasteiger partial charge is 0.378 e. The predicted molar refractivity (Wildman–Crippen MR) is 104 cm³/mol. The van der Waals surface area contributed by atoms with Crippen LogP contribution in [0, 0.1) is 0 Å². The number of likely N-dealkylation sites (tertiary alicyclic amines) is 1. The van der Waals surface area contributed by atoms with E-state index in [0.29, 0.717) is 19.2 Å². The van der Waals surface area contributed by atoms with Crippen molar-refractivity contribution in [3.05, 3.63) is 12.2 Å². The van der Waals surface area contributed by atoms with E-state index in [4.69, 9.17) is 4.74 Å². The quantitative estimate of drug-likeness (QED) is 0.253. The maximum absolute atomic E-state index is 11.0. The van der Waals surface area contributed by atoms with Gasteiger partial charge in [-0.2, -0.15) is 0 Å². The molecule has 1 aliphatic rings. The second-order valence-corrected chi connectivity index (χ2v) is 8.91. The molecule has 1 saturated heterocycles. The molecule has 1 heterocycles. The average Bonchev–Trinajstić information content (AvgIpc) is 2.51. The molecule has 0 aromatic rings. The van der Waals surface area contributed by atoms with Crippen molar-refractivity contribution in [2.24, 2.45) is 4.99 Å². The van der Waals surface area contributed by atoms with Crippen LogP contribution in [0.4, 0.5) is 0 Å². The molecule has 0 aromatic carbocycles. The lowest BCUT2D eigenvalue weighted by Crippen LogP contribution is -2.49. The minimum atomic E-state index is -2.96. The fourth-order valence-electron chi connectivity index (χ4n) is 2.66. The minimum absolute atomic E-state index is 0.0534. The lowest BCUT2D eigenvalue weighted by atomic mass is 10.0. The zero-order chi connectivity index (χ0) is 18.7. The third kappa shape index (κ3) is 11.2. The van der Waals surface area contributed by atoms with Crippen LogP contribution < -0.4 is 10.6 Å². The van der Waals surface area contributed by atoms with Gasteiger partial charge in [-0.25, -0.2) is 8.42 Å². The first-order valence-corrected chi connectivity index (χ1v) is 11.0. The van der Waals surface area contributed by atoms with Gasteiger partial charge in [-0.3, -0.25) is 9.89 Å². The molecular formula is C17H34N4O3S. The Kier molecular flexibility index (Phi) is 10.1. The van der Waals surface area contributed by atoms with E-state index in [2.05, 4.69) is 34.0 Å². The first-order valence-electron chi connectivity index (χ1n) is 8.97. The van der Waals surface area contributed by atoms with Crippen molar-refractivity contribution in [1.29, 1.82) is 0 Å². The van der Waals surface area contributed by atoms with Crippen LogP contribution in [0.2, 0.25) is 0 Å². The minimum Gasteiger partial charge on any atom is -0.378 e. The van der Waals surface area contributed by atoms with E-state index in [0.717, 1.165) is 45.0 Å². The maximum Gasteiger partial charge on any atom is 0.191 e. The molecule has 8 heteroatoms. The Morgan fingerprint density at radius 3 is 2.56 bits per heavy atom. The number of aliphatic imine (C=N–C) groups is 1. The number of nitrogens with one attached hydrogen (secondary N) is 2. The molecule has 0 unspecified atom stereocenters. The van der Waals surface area contributed by atoms with Crippen molar-refractivity contribution in [2.75, 3.05) is 57.9 Å². The molecule has 0 aromatic heterocycles. The standard InChI is InChI=1S/C17H34N4O3S/c1-5-18-17(19-8-11-24-12-13-25(4,22)23)20-16-6-9-21(10-7-16)14-15(2)3/h16H,2,5-14H2,1,3-4H3,(H2,18,19,20). The molecule has 0 bridgehead atoms. The van der Waals surface area contributed by atoms with Gasteiger partial charge in [-0.1, -0.05) is 12.2 Å². The fraction of sp³-hybridized carbons (Fsp3) is 0.824. The summed E-state index contributed by atoms with van der Waals surface area (Å²) in [6, 6.07) is 0.422. The molecule has 0 aliphatic carbocycles. The number of ether oxygens (including phenoxy) is 1. The Balaban J connectivity index is 2.30. The number of sulfone groups is 1. The third-order valence-corrected chi connectivity index (χ3v) is 4.78. The molecule has 7 nitrogen and oxygen atoms in total. The summed E-state index contributed by atoms with van der Waals surface area (Å²) in [5.74, 6) is 0.852. The Morgan fingerprint density at radius 2 is 2.00 bits per heavy atom. The van der Waals surface area contributed by atoms with Gasteiger partial charge in [-0.15, -0.1) is 0 Å². The predicted octanol–water partition coefficient (Wildman–Crippen LogP) is 0.643. The normalized spacial score (nSPS) is 17.5. The number of nitrogens with zero attached hydrogens (tertiary/aromatic N) is 2. The van der Waals surface area contributed by atoms with Gasteiger partial charge in [0.1, 0.15) is 9.84 Å². The summed E-state index contributed by atoms with van der Waals surface area (Å²) in [5.41, 5.74) is 1.21. The van der Waals surface area contributed by atoms with Gasteiger partial charge in [0.05, 0.1) is 25.5 Å². The highest BCUT2D eigenvalue weighted by molar-refractivity contribution is 7.90. The monoisotopic (exact) mass is 374 g/mol. The number of hydrogen-bond donors (Lipinski definition) is 2. The molecule has 146 valence electrons. The zero-order valence-electron chi connectivity index (χ0n) is 15.9. The molecule has 0 amide bonds. The Hall–Kier alpha value is -1.12. The first-order chi connectivity index (χ1) is 11.8. The molecular weight excluding hydrogens is 340 g/mol. The van der Waals surface area contributed by atoms with E-state index in [9.17, 15) is 8.42 Å². The second kappa shape index (κ2) is 11.5. The van der Waals surface area contributed by atoms with Gasteiger partial charge < -0.3 is 15.4 Å². The van der Waals surface area contributed by atoms with Crippen molar-refractivity contribution in [3.8, 4) is 0 Å². The van der Waals surface area contributed by atoms with Crippen molar-refractivity contribution in [3.63, 3.8) is 0 Å². The molecule has 1 rings (SSSR count). The zero-order valence-corrected chi connectivity index (χ0v) is 16.7. The van der Waals surface area contributed by atoms with E-state index < -0.39 is 9.84 Å². The van der Waals surface area contributed by atoms with Crippen molar-refractivity contribution in [1.82, 2.24) is 15.5 Å². The molecule has 0 atom stereocenters. The highest BCUT2D eigenvalue weighted by Gasteiger charge is 2.19. The second-order valence-electron chi connectivity index (χ2n) is 6.65. The summed E-state index contributed by atoms with van der Waals surface area (Å²) < 4.78 is 27.4. The van der Waals surface area contributed by atoms with Crippen LogP contribution in [0.5, 0.6) is 0 Å². The number of hydrogen-bond acceptors (Lipinski definition) is 5. The maximum atomic E-state index is 11.0. The topological polar surface area (TPSA) is 83.0 Å². The van der Waals surface area contributed by atoms with Crippen LogP contribution in [-0.2, 0) is 14.6 Å². The van der Waals surface area contributed by atoms with Crippen LogP contribution in [0.3, 0.4) is 0 Å². The van der Waals surface area contributed by atoms with Crippen LogP contribution >= 0.6 is 0 Å². The van der Waals surface area contributed by atoms with Crippen molar-refractivity contribution >= 4 is 15.8 Å². The van der Waals surface area contributed by atoms with Crippen molar-refractivity contribution in [2.45, 2.75) is 32.7 Å². The Labute approximate surface area is 152 Å². The lowest BCUT2D eigenvalue weighted by Gasteiger charge is -2.33. The molecule has 25 heavy (non-hydrogen) atoms. The molecule has 1 fully saturated rings. The van der Waals surface area contributed by atoms with Gasteiger partial charge in [0.15, 0.2) is 5.96 Å². The lowest BCUT2D eigenvalue weighted by molar-refractivity contribution is 0.157. The van der Waals surface area contributed by atoms with Gasteiger partial charge in [0.25, 0.3) is 0 Å². The summed E-state index contributed by atoms with van der Waals surface area (Å²) in [5, 5.41) is 6.73. The van der Waals surface area contributed by atoms with Crippen molar-refractivity contribution < 1.29 is 13.2 Å². The van der Waals surface area contributed by atoms with Crippen LogP contribution in [0.15, 0.2) is 17.1 Å². The van der Waals surface area contributed by atoms with Gasteiger partial charge in [-0.05, 0) is 26.7 Å². The van der Waals surface area contributed by atoms with Crippen LogP contribution in [-0.4, -0.2) is 83.3 Å². The van der Waals surface area contributed by atoms with E-state index in [-0.39, 0.29) is 12.4 Å². The molecule has 0 radical (unpaired) electrons. The highest BCUT2D eigenvalue weighted by Crippen LogP contribution is 2.11. The molecule has 0 saturated carbocycles. The molecule has 1 aliphatic heterocycles. The van der Waals surface area contributed by atoms with Gasteiger partial charge in [0.2, 0.25) is 0 Å². The fourth-order valence-corrected chi connectivity index (χ4v) is 3.09. The Bertz CT molecular complexity index is 526. The van der Waals surface area contributed by atoms with Crippen LogP contribution in [0.25, 0.3) is 0 Å². The molecule has 2 N–H and O–H groups in total. The highest BCUT2D eigenvalue weighted by atomic mass is 32.2. The van der Waals surface area contributed by atoms with E-state index in [1.54, 1.807) is 0 Å². The first kappa shape index (κ1) is 21.9. The smallest absolute Gasteiger partial charge is 0.191 e. The summed E-state index contributed by atoms with van der Waals surface area (Å²) >= 11 is 0. The number of rotatable bonds is 10. The SMILES string of the molecule is C=C(C)CN1CCC(NC(=NCCOCCS(C)(=O)=O)NCC)CC1. The summed E-state index contributed by atoms with van der Waals surface area (Å²) in [7, 11) is -2.96. The summed E-state index contributed by atoms with van der Waals surface area (Å²) in [4.78, 5) is 6.93.